The number of rotatable bonds is 6. The van der Waals surface area contributed by atoms with Crippen LogP contribution in [0, 0.1) is 25.2 Å². The van der Waals surface area contributed by atoms with Crippen LogP contribution in [0.4, 0.5) is 5.69 Å². The van der Waals surface area contributed by atoms with Gasteiger partial charge >= 0.3 is 0 Å². The number of allylic oxidation sites excluding steroid dienone is 1. The molecule has 0 saturated heterocycles. The zero-order chi connectivity index (χ0) is 22.6. The van der Waals surface area contributed by atoms with Gasteiger partial charge in [-0.1, -0.05) is 23.8 Å². The van der Waals surface area contributed by atoms with Crippen LogP contribution in [0.2, 0.25) is 0 Å². The Labute approximate surface area is 184 Å². The van der Waals surface area contributed by atoms with Gasteiger partial charge in [-0.25, -0.2) is 4.98 Å². The molecule has 0 spiro atoms. The number of anilines is 1. The number of nitriles is 1. The molecule has 0 aliphatic heterocycles. The van der Waals surface area contributed by atoms with Gasteiger partial charge in [-0.2, -0.15) is 13.7 Å². The number of nitrogens with two attached hydrogens (primary N) is 2. The smallest absolute Gasteiger partial charge is 0.285 e. The largest absolute Gasteiger partial charge is 0.369 e. The second-order valence-corrected chi connectivity index (χ2v) is 9.15. The highest BCUT2D eigenvalue weighted by molar-refractivity contribution is 7.90. The molecule has 0 aliphatic carbocycles. The Balaban J connectivity index is 1.80. The van der Waals surface area contributed by atoms with E-state index in [-0.39, 0.29) is 4.90 Å². The van der Waals surface area contributed by atoms with E-state index in [9.17, 15) is 13.7 Å². The molecule has 8 nitrogen and oxygen atoms in total. The molecular weight excluding hydrogens is 432 g/mol. The molecule has 0 bridgehead atoms. The fourth-order valence-electron chi connectivity index (χ4n) is 2.83. The molecule has 0 amide bonds. The van der Waals surface area contributed by atoms with Gasteiger partial charge in [0.2, 0.25) is 5.96 Å². The predicted molar refractivity (Wildman–Crippen MR) is 124 cm³/mol. The summed E-state index contributed by atoms with van der Waals surface area (Å²) in [5, 5.41) is 15.0. The summed E-state index contributed by atoms with van der Waals surface area (Å²) in [6.45, 7) is 4.06. The summed E-state index contributed by atoms with van der Waals surface area (Å²) in [5.74, 6) is -0.535. The van der Waals surface area contributed by atoms with Crippen LogP contribution in [0.25, 0.3) is 16.8 Å². The lowest BCUT2D eigenvalue weighted by Gasteiger charge is -2.04. The van der Waals surface area contributed by atoms with Gasteiger partial charge in [0.15, 0.2) is 0 Å². The van der Waals surface area contributed by atoms with Crippen LogP contribution >= 0.6 is 11.3 Å². The highest BCUT2D eigenvalue weighted by Gasteiger charge is 2.13. The van der Waals surface area contributed by atoms with Crippen molar-refractivity contribution in [1.82, 2.24) is 4.98 Å². The molecule has 3 rings (SSSR count). The lowest BCUT2D eigenvalue weighted by Crippen LogP contribution is -2.24. The lowest BCUT2D eigenvalue weighted by molar-refractivity contribution is 0.598. The topological polar surface area (TPSA) is 147 Å². The number of hydrogen-bond acceptors (Lipinski definition) is 6. The number of benzene rings is 2. The molecule has 0 unspecified atom stereocenters. The fourth-order valence-corrected chi connectivity index (χ4v) is 4.48. The Morgan fingerprint density at radius 3 is 2.52 bits per heavy atom. The second kappa shape index (κ2) is 8.99. The van der Waals surface area contributed by atoms with Gasteiger partial charge in [0.05, 0.1) is 10.6 Å². The second-order valence-electron chi connectivity index (χ2n) is 6.69. The summed E-state index contributed by atoms with van der Waals surface area (Å²) < 4.78 is 27.2. The number of thiazole rings is 1. The van der Waals surface area contributed by atoms with Crippen molar-refractivity contribution in [2.75, 3.05) is 5.32 Å². The molecule has 158 valence electrons. The zero-order valence-corrected chi connectivity index (χ0v) is 18.5. The van der Waals surface area contributed by atoms with Crippen LogP contribution in [-0.4, -0.2) is 19.4 Å². The third kappa shape index (κ3) is 5.28. The first-order chi connectivity index (χ1) is 14.7. The normalized spacial score (nSPS) is 11.6. The van der Waals surface area contributed by atoms with E-state index in [1.54, 1.807) is 12.1 Å². The molecule has 2 aromatic carbocycles. The minimum Gasteiger partial charge on any atom is -0.369 e. The Hall–Kier alpha value is -3.68. The van der Waals surface area contributed by atoms with Gasteiger partial charge in [-0.05, 0) is 43.7 Å². The predicted octanol–water partition coefficient (Wildman–Crippen LogP) is 3.37. The molecule has 0 atom stereocenters. The van der Waals surface area contributed by atoms with E-state index in [4.69, 9.17) is 11.5 Å². The van der Waals surface area contributed by atoms with Crippen LogP contribution in [0.1, 0.15) is 16.1 Å². The van der Waals surface area contributed by atoms with Gasteiger partial charge < -0.3 is 16.8 Å². The van der Waals surface area contributed by atoms with Crippen LogP contribution < -0.4 is 16.8 Å². The highest BCUT2D eigenvalue weighted by Crippen LogP contribution is 2.28. The molecule has 0 fully saturated rings. The van der Waals surface area contributed by atoms with Crippen molar-refractivity contribution in [2.45, 2.75) is 18.7 Å². The molecule has 0 saturated carbocycles. The average molecular weight is 453 g/mol. The molecule has 0 radical (unpaired) electrons. The van der Waals surface area contributed by atoms with E-state index < -0.39 is 16.0 Å². The number of nitrogens with one attached hydrogen (secondary N) is 1. The summed E-state index contributed by atoms with van der Waals surface area (Å²) in [4.78, 5) is 4.55. The fraction of sp³-hybridized carbons (Fsp3) is 0.0952. The number of aromatic nitrogens is 1. The SMILES string of the molecule is Cc1ccc(-c2csc(C(C#N)=CNc3ccc(S(=O)(=O)N=C(N)N)cc3)n2)c(C)c1. The van der Waals surface area contributed by atoms with Crippen LogP contribution in [0.15, 0.2) is 63.3 Å². The maximum Gasteiger partial charge on any atom is 0.285 e. The third-order valence-electron chi connectivity index (χ3n) is 4.27. The van der Waals surface area contributed by atoms with E-state index in [1.807, 2.05) is 31.4 Å². The summed E-state index contributed by atoms with van der Waals surface area (Å²) in [6, 6.07) is 14.1. The Morgan fingerprint density at radius 2 is 1.90 bits per heavy atom. The first-order valence-electron chi connectivity index (χ1n) is 9.06. The molecule has 0 aliphatic rings. The van der Waals surface area contributed by atoms with E-state index in [0.29, 0.717) is 16.3 Å². The van der Waals surface area contributed by atoms with Gasteiger partial charge in [0.1, 0.15) is 16.6 Å². The Morgan fingerprint density at radius 1 is 1.19 bits per heavy atom. The van der Waals surface area contributed by atoms with E-state index in [0.717, 1.165) is 16.8 Å². The molecule has 1 aromatic heterocycles. The Bertz CT molecular complexity index is 1310. The lowest BCUT2D eigenvalue weighted by atomic mass is 10.0. The molecule has 5 N–H and O–H groups in total. The van der Waals surface area contributed by atoms with Crippen molar-refractivity contribution in [3.63, 3.8) is 0 Å². The number of aryl methyl sites for hydroxylation is 2. The number of guanidine groups is 1. The summed E-state index contributed by atoms with van der Waals surface area (Å²) in [5.41, 5.74) is 15.4. The Kier molecular flexibility index (Phi) is 6.39. The van der Waals surface area contributed by atoms with Gasteiger partial charge in [-0.15, -0.1) is 15.7 Å². The first kappa shape index (κ1) is 22.0. The minimum atomic E-state index is -3.95. The summed E-state index contributed by atoms with van der Waals surface area (Å²) >= 11 is 1.38. The van der Waals surface area contributed by atoms with Crippen molar-refractivity contribution >= 4 is 38.6 Å². The van der Waals surface area contributed by atoms with Gasteiger partial charge in [0, 0.05) is 22.8 Å². The highest BCUT2D eigenvalue weighted by atomic mass is 32.2. The van der Waals surface area contributed by atoms with Crippen LogP contribution in [0.5, 0.6) is 0 Å². The van der Waals surface area contributed by atoms with Gasteiger partial charge in [0.25, 0.3) is 10.0 Å². The summed E-state index contributed by atoms with van der Waals surface area (Å²) in [6.07, 6.45) is 1.53. The maximum atomic E-state index is 12.0. The third-order valence-corrected chi connectivity index (χ3v) is 6.47. The molecule has 1 heterocycles. The van der Waals surface area contributed by atoms with E-state index >= 15 is 0 Å². The first-order valence-corrected chi connectivity index (χ1v) is 11.4. The van der Waals surface area contributed by atoms with E-state index in [1.165, 1.54) is 35.2 Å². The van der Waals surface area contributed by atoms with Crippen LogP contribution in [0.3, 0.4) is 0 Å². The maximum absolute atomic E-state index is 12.0. The van der Waals surface area contributed by atoms with Crippen molar-refractivity contribution in [2.24, 2.45) is 15.9 Å². The van der Waals surface area contributed by atoms with Crippen LogP contribution in [-0.2, 0) is 10.0 Å². The standard InChI is InChI=1S/C21H20N6O2S2/c1-13-3-8-18(14(2)9-13)19-12-30-20(26-19)15(10-22)11-25-16-4-6-17(7-5-16)31(28,29)27-21(23)24/h3-9,11-12,25H,1-2H3,(H4,23,24,27). The monoisotopic (exact) mass is 452 g/mol. The number of nitrogens with zero attached hydrogens (tertiary/aromatic N) is 3. The minimum absolute atomic E-state index is 0.0473. The molecule has 31 heavy (non-hydrogen) atoms. The van der Waals surface area contributed by atoms with Gasteiger partial charge in [-0.3, -0.25) is 0 Å². The molecule has 10 heteroatoms. The quantitative estimate of drug-likeness (QED) is 0.295. The van der Waals surface area contributed by atoms with E-state index in [2.05, 4.69) is 26.8 Å². The van der Waals surface area contributed by atoms with Crippen molar-refractivity contribution in [1.29, 1.82) is 5.26 Å². The molecular formula is C21H20N6O2S2. The van der Waals surface area contributed by atoms with Crippen molar-refractivity contribution in [3.05, 3.63) is 70.2 Å². The zero-order valence-electron chi connectivity index (χ0n) is 16.8. The number of hydrogen-bond donors (Lipinski definition) is 3. The molecule has 3 aromatic rings. The summed E-state index contributed by atoms with van der Waals surface area (Å²) in [7, 11) is -3.95. The van der Waals surface area contributed by atoms with Crippen molar-refractivity contribution in [3.8, 4) is 17.3 Å². The number of sulfonamides is 1. The van der Waals surface area contributed by atoms with Crippen molar-refractivity contribution < 1.29 is 8.42 Å². The average Bonchev–Trinajstić information content (AvgIpc) is 3.17.